The molecule has 0 aliphatic carbocycles. The number of hydrogen-bond acceptors (Lipinski definition) is 1. The summed E-state index contributed by atoms with van der Waals surface area (Å²) in [6.45, 7) is 3.76. The Hall–Kier alpha value is -1.51. The lowest BCUT2D eigenvalue weighted by Gasteiger charge is -2.10. The number of rotatable bonds is 1. The fourth-order valence-electron chi connectivity index (χ4n) is 1.77. The van der Waals surface area contributed by atoms with Crippen LogP contribution in [0.1, 0.15) is 25.3 Å². The van der Waals surface area contributed by atoms with Crippen molar-refractivity contribution in [1.82, 2.24) is 4.98 Å². The van der Waals surface area contributed by atoms with E-state index in [1.165, 1.54) is 6.07 Å². The molecule has 0 aliphatic heterocycles. The maximum absolute atomic E-state index is 13.5. The van der Waals surface area contributed by atoms with Crippen molar-refractivity contribution in [3.05, 3.63) is 41.6 Å². The van der Waals surface area contributed by atoms with Crippen molar-refractivity contribution in [2.24, 2.45) is 0 Å². The maximum atomic E-state index is 13.5. The minimum absolute atomic E-state index is 0.0114. The van der Waals surface area contributed by atoms with Gasteiger partial charge in [-0.25, -0.2) is 8.78 Å². The average Bonchev–Trinajstić information content (AvgIpc) is 2.17. The quantitative estimate of drug-likeness (QED) is 0.695. The number of fused-ring (bicyclic) bond motifs is 1. The van der Waals surface area contributed by atoms with E-state index >= 15 is 0 Å². The van der Waals surface area contributed by atoms with E-state index in [1.807, 2.05) is 13.8 Å². The van der Waals surface area contributed by atoms with E-state index < -0.39 is 5.82 Å². The normalized spacial score (nSPS) is 11.3. The van der Waals surface area contributed by atoms with E-state index in [-0.39, 0.29) is 17.3 Å². The smallest absolute Gasteiger partial charge is 0.149 e. The molecule has 0 saturated heterocycles. The molecular weight excluding hydrogens is 196 g/mol. The molecule has 0 amide bonds. The number of benzene rings is 1. The maximum Gasteiger partial charge on any atom is 0.149 e. The van der Waals surface area contributed by atoms with Gasteiger partial charge in [-0.3, -0.25) is 4.98 Å². The van der Waals surface area contributed by atoms with Crippen molar-refractivity contribution >= 4 is 10.9 Å². The SMILES string of the molecule is CC(C)c1c(F)cnc2c(F)cccc12. The Kier molecular flexibility index (Phi) is 2.39. The molecule has 1 aromatic carbocycles. The number of nitrogens with zero attached hydrogens (tertiary/aromatic N) is 1. The summed E-state index contributed by atoms with van der Waals surface area (Å²) in [7, 11) is 0. The van der Waals surface area contributed by atoms with Crippen molar-refractivity contribution in [2.75, 3.05) is 0 Å². The second kappa shape index (κ2) is 3.57. The van der Waals surface area contributed by atoms with E-state index in [1.54, 1.807) is 12.1 Å². The molecule has 0 fully saturated rings. The molecule has 1 nitrogen and oxygen atoms in total. The number of para-hydroxylation sites is 1. The van der Waals surface area contributed by atoms with Crippen molar-refractivity contribution in [3.63, 3.8) is 0 Å². The predicted octanol–water partition coefficient (Wildman–Crippen LogP) is 3.64. The molecule has 1 heterocycles. The molecule has 0 radical (unpaired) electrons. The Morgan fingerprint density at radius 3 is 2.53 bits per heavy atom. The molecule has 0 N–H and O–H groups in total. The van der Waals surface area contributed by atoms with Gasteiger partial charge in [0.2, 0.25) is 0 Å². The highest BCUT2D eigenvalue weighted by Crippen LogP contribution is 2.27. The first-order valence-electron chi connectivity index (χ1n) is 4.84. The zero-order valence-electron chi connectivity index (χ0n) is 8.59. The van der Waals surface area contributed by atoms with E-state index in [0.29, 0.717) is 10.9 Å². The van der Waals surface area contributed by atoms with Gasteiger partial charge in [0.15, 0.2) is 0 Å². The van der Waals surface area contributed by atoms with Crippen LogP contribution in [0.5, 0.6) is 0 Å². The Morgan fingerprint density at radius 2 is 1.87 bits per heavy atom. The second-order valence-electron chi connectivity index (χ2n) is 3.81. The third kappa shape index (κ3) is 1.58. The third-order valence-electron chi connectivity index (χ3n) is 2.42. The summed E-state index contributed by atoms with van der Waals surface area (Å²) in [6.07, 6.45) is 1.08. The Labute approximate surface area is 86.8 Å². The Bertz CT molecular complexity index is 506. The third-order valence-corrected chi connectivity index (χ3v) is 2.42. The van der Waals surface area contributed by atoms with Gasteiger partial charge in [0.1, 0.15) is 17.2 Å². The first-order valence-corrected chi connectivity index (χ1v) is 4.84. The molecule has 0 spiro atoms. The van der Waals surface area contributed by atoms with Crippen molar-refractivity contribution in [3.8, 4) is 0 Å². The molecule has 0 bridgehead atoms. The van der Waals surface area contributed by atoms with E-state index in [9.17, 15) is 8.78 Å². The summed E-state index contributed by atoms with van der Waals surface area (Å²) < 4.78 is 26.9. The van der Waals surface area contributed by atoms with Crippen LogP contribution in [0.15, 0.2) is 24.4 Å². The molecule has 2 rings (SSSR count). The highest BCUT2D eigenvalue weighted by atomic mass is 19.1. The monoisotopic (exact) mass is 207 g/mol. The van der Waals surface area contributed by atoms with Crippen molar-refractivity contribution in [2.45, 2.75) is 19.8 Å². The Morgan fingerprint density at radius 1 is 1.13 bits per heavy atom. The standard InChI is InChI=1S/C12H11F2N/c1-7(2)11-8-4-3-5-9(13)12(8)15-6-10(11)14/h3-7H,1-2H3. The van der Waals surface area contributed by atoms with Gasteiger partial charge in [-0.15, -0.1) is 0 Å². The largest absolute Gasteiger partial charge is 0.250 e. The summed E-state index contributed by atoms with van der Waals surface area (Å²) in [5.41, 5.74) is 0.766. The summed E-state index contributed by atoms with van der Waals surface area (Å²) in [4.78, 5) is 3.77. The van der Waals surface area contributed by atoms with Gasteiger partial charge in [0.05, 0.1) is 6.20 Å². The summed E-state index contributed by atoms with van der Waals surface area (Å²) in [5, 5.41) is 0.560. The molecule has 0 saturated carbocycles. The van der Waals surface area contributed by atoms with Crippen LogP contribution in [0, 0.1) is 11.6 Å². The minimum atomic E-state index is -0.408. The van der Waals surface area contributed by atoms with Crippen LogP contribution in [-0.4, -0.2) is 4.98 Å². The molecule has 15 heavy (non-hydrogen) atoms. The van der Waals surface area contributed by atoms with Crippen LogP contribution in [-0.2, 0) is 0 Å². The summed E-state index contributed by atoms with van der Waals surface area (Å²) in [6, 6.07) is 4.60. The first kappa shape index (κ1) is 10.0. The molecule has 78 valence electrons. The van der Waals surface area contributed by atoms with Gasteiger partial charge >= 0.3 is 0 Å². The lowest BCUT2D eigenvalue weighted by atomic mass is 9.98. The van der Waals surface area contributed by atoms with Crippen LogP contribution < -0.4 is 0 Å². The van der Waals surface area contributed by atoms with Gasteiger partial charge in [-0.1, -0.05) is 26.0 Å². The molecule has 0 atom stereocenters. The first-order chi connectivity index (χ1) is 7.11. The lowest BCUT2D eigenvalue weighted by Crippen LogP contribution is -1.97. The summed E-state index contributed by atoms with van der Waals surface area (Å²) in [5.74, 6) is -0.769. The number of aromatic nitrogens is 1. The molecule has 1 aromatic heterocycles. The van der Waals surface area contributed by atoms with Gasteiger partial charge in [0, 0.05) is 10.9 Å². The van der Waals surface area contributed by atoms with Crippen LogP contribution >= 0.6 is 0 Å². The topological polar surface area (TPSA) is 12.9 Å². The van der Waals surface area contributed by atoms with E-state index in [0.717, 1.165) is 6.20 Å². The predicted molar refractivity (Wildman–Crippen MR) is 55.7 cm³/mol. The molecular formula is C12H11F2N. The average molecular weight is 207 g/mol. The minimum Gasteiger partial charge on any atom is -0.250 e. The molecule has 2 aromatic rings. The molecule has 3 heteroatoms. The fourth-order valence-corrected chi connectivity index (χ4v) is 1.77. The number of halogens is 2. The van der Waals surface area contributed by atoms with E-state index in [4.69, 9.17) is 0 Å². The van der Waals surface area contributed by atoms with Crippen LogP contribution in [0.25, 0.3) is 10.9 Å². The van der Waals surface area contributed by atoms with Crippen LogP contribution in [0.3, 0.4) is 0 Å². The summed E-state index contributed by atoms with van der Waals surface area (Å²) >= 11 is 0. The van der Waals surface area contributed by atoms with Crippen LogP contribution in [0.4, 0.5) is 8.78 Å². The highest BCUT2D eigenvalue weighted by molar-refractivity contribution is 5.83. The second-order valence-corrected chi connectivity index (χ2v) is 3.81. The van der Waals surface area contributed by atoms with Gasteiger partial charge in [0.25, 0.3) is 0 Å². The highest BCUT2D eigenvalue weighted by Gasteiger charge is 2.13. The van der Waals surface area contributed by atoms with Gasteiger partial charge in [-0.2, -0.15) is 0 Å². The van der Waals surface area contributed by atoms with Crippen molar-refractivity contribution < 1.29 is 8.78 Å². The van der Waals surface area contributed by atoms with Gasteiger partial charge in [-0.05, 0) is 12.0 Å². The zero-order valence-corrected chi connectivity index (χ0v) is 8.59. The zero-order chi connectivity index (χ0) is 11.0. The number of hydrogen-bond donors (Lipinski definition) is 0. The lowest BCUT2D eigenvalue weighted by molar-refractivity contribution is 0.594. The van der Waals surface area contributed by atoms with Gasteiger partial charge < -0.3 is 0 Å². The Balaban J connectivity index is 2.88. The molecule has 0 unspecified atom stereocenters. The fraction of sp³-hybridized carbons (Fsp3) is 0.250. The van der Waals surface area contributed by atoms with Crippen LogP contribution in [0.2, 0.25) is 0 Å². The number of pyridine rings is 1. The molecule has 0 aliphatic rings. The van der Waals surface area contributed by atoms with Crippen molar-refractivity contribution in [1.29, 1.82) is 0 Å². The van der Waals surface area contributed by atoms with E-state index in [2.05, 4.69) is 4.98 Å².